The van der Waals surface area contributed by atoms with Gasteiger partial charge in [0.25, 0.3) is 11.8 Å². The van der Waals surface area contributed by atoms with E-state index < -0.39 is 11.8 Å². The molecule has 2 N–H and O–H groups in total. The topological polar surface area (TPSA) is 76.7 Å². The second-order valence-corrected chi connectivity index (χ2v) is 7.97. The maximum absolute atomic E-state index is 12.3. The van der Waals surface area contributed by atoms with Crippen molar-refractivity contribution in [2.24, 2.45) is 5.92 Å². The lowest BCUT2D eigenvalue weighted by molar-refractivity contribution is -0.123. The molecule has 0 aliphatic rings. The van der Waals surface area contributed by atoms with Crippen LogP contribution in [0.15, 0.2) is 65.1 Å². The predicted octanol–water partition coefficient (Wildman–Crippen LogP) is 4.48. The summed E-state index contributed by atoms with van der Waals surface area (Å²) in [5, 5.41) is 1.94. The molecule has 0 bridgehead atoms. The number of fused-ring (bicyclic) bond motifs is 1. The van der Waals surface area contributed by atoms with Crippen molar-refractivity contribution in [3.8, 4) is 11.5 Å². The van der Waals surface area contributed by atoms with Gasteiger partial charge in [-0.15, -0.1) is 0 Å². The van der Waals surface area contributed by atoms with E-state index in [1.54, 1.807) is 24.3 Å². The average molecular weight is 471 g/mol. The molecule has 0 saturated heterocycles. The molecular weight excluding hydrogens is 448 g/mol. The summed E-state index contributed by atoms with van der Waals surface area (Å²) in [6.07, 6.45) is 0. The van der Waals surface area contributed by atoms with Gasteiger partial charge in [0, 0.05) is 10.9 Å². The number of ether oxygens (including phenoxy) is 2. The third-order valence-electron chi connectivity index (χ3n) is 4.19. The van der Waals surface area contributed by atoms with E-state index in [1.807, 2.05) is 36.4 Å². The molecule has 0 atom stereocenters. The zero-order valence-electron chi connectivity index (χ0n) is 16.8. The molecule has 0 aromatic heterocycles. The first kappa shape index (κ1) is 21.6. The van der Waals surface area contributed by atoms with Crippen LogP contribution >= 0.6 is 15.9 Å². The number of amides is 2. The SMILES string of the molecule is CC(C)COc1ccc(C(=O)NNC(=O)COc2cccc3ccccc23)cc1Br. The van der Waals surface area contributed by atoms with Crippen LogP contribution in [-0.2, 0) is 4.79 Å². The predicted molar refractivity (Wildman–Crippen MR) is 120 cm³/mol. The van der Waals surface area contributed by atoms with Crippen LogP contribution in [0.4, 0.5) is 0 Å². The summed E-state index contributed by atoms with van der Waals surface area (Å²) < 4.78 is 12.0. The molecule has 0 aliphatic heterocycles. The molecule has 3 rings (SSSR count). The number of hydrazine groups is 1. The van der Waals surface area contributed by atoms with Gasteiger partial charge in [0.2, 0.25) is 0 Å². The van der Waals surface area contributed by atoms with Gasteiger partial charge < -0.3 is 9.47 Å². The van der Waals surface area contributed by atoms with E-state index in [-0.39, 0.29) is 6.61 Å². The third kappa shape index (κ3) is 5.73. The molecule has 0 saturated carbocycles. The highest BCUT2D eigenvalue weighted by Gasteiger charge is 2.12. The van der Waals surface area contributed by atoms with Crippen LogP contribution in [-0.4, -0.2) is 25.0 Å². The second-order valence-electron chi connectivity index (χ2n) is 7.12. The summed E-state index contributed by atoms with van der Waals surface area (Å²) in [5.41, 5.74) is 5.14. The highest BCUT2D eigenvalue weighted by molar-refractivity contribution is 9.10. The summed E-state index contributed by atoms with van der Waals surface area (Å²) in [6.45, 7) is 4.47. The molecule has 156 valence electrons. The first-order valence-corrected chi connectivity index (χ1v) is 10.4. The van der Waals surface area contributed by atoms with Crippen molar-refractivity contribution in [1.29, 1.82) is 0 Å². The zero-order valence-corrected chi connectivity index (χ0v) is 18.4. The van der Waals surface area contributed by atoms with Crippen molar-refractivity contribution < 1.29 is 19.1 Å². The molecule has 3 aromatic carbocycles. The quantitative estimate of drug-likeness (QED) is 0.499. The van der Waals surface area contributed by atoms with E-state index in [9.17, 15) is 9.59 Å². The summed E-state index contributed by atoms with van der Waals surface area (Å²) in [5.74, 6) is 0.756. The van der Waals surface area contributed by atoms with Gasteiger partial charge in [-0.2, -0.15) is 0 Å². The van der Waals surface area contributed by atoms with Crippen molar-refractivity contribution in [2.45, 2.75) is 13.8 Å². The molecule has 6 nitrogen and oxygen atoms in total. The number of halogens is 1. The second kappa shape index (κ2) is 10.1. The Kier molecular flexibility index (Phi) is 7.30. The standard InChI is InChI=1S/C23H23BrN2O4/c1-15(2)13-29-21-11-10-17(12-19(21)24)23(28)26-25-22(27)14-30-20-9-5-7-16-6-3-4-8-18(16)20/h3-12,15H,13-14H2,1-2H3,(H,25,27)(H,26,28). The van der Waals surface area contributed by atoms with E-state index in [0.29, 0.717) is 34.1 Å². The number of benzene rings is 3. The van der Waals surface area contributed by atoms with Crippen LogP contribution in [0.25, 0.3) is 10.8 Å². The number of hydrogen-bond donors (Lipinski definition) is 2. The van der Waals surface area contributed by atoms with Crippen molar-refractivity contribution >= 4 is 38.5 Å². The fourth-order valence-corrected chi connectivity index (χ4v) is 3.21. The molecule has 0 unspecified atom stereocenters. The van der Waals surface area contributed by atoms with Crippen LogP contribution in [0.1, 0.15) is 24.2 Å². The molecule has 0 aliphatic carbocycles. The monoisotopic (exact) mass is 470 g/mol. The van der Waals surface area contributed by atoms with Crippen LogP contribution in [0, 0.1) is 5.92 Å². The van der Waals surface area contributed by atoms with Gasteiger partial charge in [0.05, 0.1) is 11.1 Å². The minimum atomic E-state index is -0.466. The number of hydrogen-bond acceptors (Lipinski definition) is 4. The van der Waals surface area contributed by atoms with Crippen LogP contribution < -0.4 is 20.3 Å². The number of nitrogens with one attached hydrogen (secondary N) is 2. The lowest BCUT2D eigenvalue weighted by Gasteiger charge is -2.12. The largest absolute Gasteiger partial charge is 0.492 e. The van der Waals surface area contributed by atoms with E-state index in [1.165, 1.54) is 0 Å². The normalized spacial score (nSPS) is 10.7. The highest BCUT2D eigenvalue weighted by atomic mass is 79.9. The van der Waals surface area contributed by atoms with Gasteiger partial charge in [0.15, 0.2) is 6.61 Å². The summed E-state index contributed by atoms with van der Waals surface area (Å²) in [4.78, 5) is 24.4. The first-order valence-electron chi connectivity index (χ1n) is 9.56. The van der Waals surface area contributed by atoms with Crippen molar-refractivity contribution in [2.75, 3.05) is 13.2 Å². The Labute approximate surface area is 183 Å². The first-order chi connectivity index (χ1) is 14.4. The Morgan fingerprint density at radius 2 is 1.70 bits per heavy atom. The number of carbonyl (C=O) groups excluding carboxylic acids is 2. The minimum absolute atomic E-state index is 0.222. The minimum Gasteiger partial charge on any atom is -0.492 e. The Balaban J connectivity index is 1.52. The Bertz CT molecular complexity index is 1050. The summed E-state index contributed by atoms with van der Waals surface area (Å²) in [6, 6.07) is 18.4. The maximum Gasteiger partial charge on any atom is 0.276 e. The van der Waals surface area contributed by atoms with Gasteiger partial charge in [0.1, 0.15) is 11.5 Å². The molecule has 7 heteroatoms. The van der Waals surface area contributed by atoms with Crippen molar-refractivity contribution in [3.05, 3.63) is 70.7 Å². The van der Waals surface area contributed by atoms with Gasteiger partial charge in [-0.25, -0.2) is 0 Å². The third-order valence-corrected chi connectivity index (χ3v) is 4.81. The van der Waals surface area contributed by atoms with E-state index in [2.05, 4.69) is 40.6 Å². The molecule has 0 spiro atoms. The van der Waals surface area contributed by atoms with E-state index in [0.717, 1.165) is 10.8 Å². The zero-order chi connectivity index (χ0) is 21.5. The van der Waals surface area contributed by atoms with Crippen LogP contribution in [0.2, 0.25) is 0 Å². The molecule has 0 radical (unpaired) electrons. The fourth-order valence-electron chi connectivity index (χ4n) is 2.72. The van der Waals surface area contributed by atoms with Gasteiger partial charge >= 0.3 is 0 Å². The van der Waals surface area contributed by atoms with Gasteiger partial charge in [-0.1, -0.05) is 50.2 Å². The lowest BCUT2D eigenvalue weighted by Crippen LogP contribution is -2.43. The summed E-state index contributed by atoms with van der Waals surface area (Å²) in [7, 11) is 0. The maximum atomic E-state index is 12.3. The molecular formula is C23H23BrN2O4. The number of carbonyl (C=O) groups is 2. The number of rotatable bonds is 7. The van der Waals surface area contributed by atoms with Crippen LogP contribution in [0.5, 0.6) is 11.5 Å². The molecule has 2 amide bonds. The molecule has 0 heterocycles. The molecule has 0 fully saturated rings. The average Bonchev–Trinajstić information content (AvgIpc) is 2.75. The van der Waals surface area contributed by atoms with E-state index >= 15 is 0 Å². The van der Waals surface area contributed by atoms with Crippen molar-refractivity contribution in [1.82, 2.24) is 10.9 Å². The smallest absolute Gasteiger partial charge is 0.276 e. The highest BCUT2D eigenvalue weighted by Crippen LogP contribution is 2.27. The Morgan fingerprint density at radius 1 is 0.933 bits per heavy atom. The van der Waals surface area contributed by atoms with Gasteiger partial charge in [-0.3, -0.25) is 20.4 Å². The van der Waals surface area contributed by atoms with Crippen LogP contribution in [0.3, 0.4) is 0 Å². The van der Waals surface area contributed by atoms with Gasteiger partial charge in [-0.05, 0) is 51.5 Å². The fraction of sp³-hybridized carbons (Fsp3) is 0.217. The summed E-state index contributed by atoms with van der Waals surface area (Å²) >= 11 is 3.40. The molecule has 3 aromatic rings. The van der Waals surface area contributed by atoms with E-state index in [4.69, 9.17) is 9.47 Å². The van der Waals surface area contributed by atoms with Crippen molar-refractivity contribution in [3.63, 3.8) is 0 Å². The lowest BCUT2D eigenvalue weighted by atomic mass is 10.1. The Morgan fingerprint density at radius 3 is 2.47 bits per heavy atom. The molecule has 30 heavy (non-hydrogen) atoms. The Hall–Kier alpha value is -3.06.